The number of rotatable bonds is 8. The summed E-state index contributed by atoms with van der Waals surface area (Å²) in [6.07, 6.45) is 1.74. The van der Waals surface area contributed by atoms with Gasteiger partial charge in [0.25, 0.3) is 0 Å². The lowest BCUT2D eigenvalue weighted by atomic mass is 10.0. The lowest BCUT2D eigenvalue weighted by Gasteiger charge is -2.10. The Labute approximate surface area is 198 Å². The Balaban J connectivity index is 1.57. The van der Waals surface area contributed by atoms with E-state index in [0.717, 1.165) is 28.8 Å². The number of amides is 1. The smallest absolute Gasteiger partial charge is 0.234 e. The summed E-state index contributed by atoms with van der Waals surface area (Å²) in [6, 6.07) is 13.1. The van der Waals surface area contributed by atoms with Crippen LogP contribution in [0.4, 0.5) is 14.5 Å². The third-order valence-electron chi connectivity index (χ3n) is 4.84. The van der Waals surface area contributed by atoms with Gasteiger partial charge in [-0.15, -0.1) is 28.1 Å². The molecule has 0 bridgehead atoms. The van der Waals surface area contributed by atoms with Crippen LogP contribution in [-0.2, 0) is 11.3 Å². The maximum absolute atomic E-state index is 13.8. The van der Waals surface area contributed by atoms with Crippen LogP contribution in [0.15, 0.2) is 71.7 Å². The fraction of sp³-hybridized carbons (Fsp3) is 0.125. The van der Waals surface area contributed by atoms with Gasteiger partial charge in [-0.05, 0) is 24.6 Å². The van der Waals surface area contributed by atoms with Crippen molar-refractivity contribution in [3.8, 4) is 22.5 Å². The number of thioether (sulfide) groups is 1. The normalized spacial score (nSPS) is 10.9. The molecule has 0 aliphatic carbocycles. The Hall–Kier alpha value is -3.30. The monoisotopic (exact) mass is 482 g/mol. The lowest BCUT2D eigenvalue weighted by molar-refractivity contribution is -0.113. The average molecular weight is 483 g/mol. The number of allylic oxidation sites excluding steroid dienone is 1. The first-order valence-electron chi connectivity index (χ1n) is 10.0. The molecule has 1 N–H and O–H groups in total. The molecule has 1 amide bonds. The minimum absolute atomic E-state index is 0.0136. The number of aryl methyl sites for hydroxylation is 1. The van der Waals surface area contributed by atoms with Crippen molar-refractivity contribution < 1.29 is 13.6 Å². The van der Waals surface area contributed by atoms with Crippen molar-refractivity contribution in [2.75, 3.05) is 11.1 Å². The molecule has 9 heteroatoms. The minimum atomic E-state index is -0.827. The van der Waals surface area contributed by atoms with Gasteiger partial charge in [-0.1, -0.05) is 48.2 Å². The van der Waals surface area contributed by atoms with E-state index in [1.54, 1.807) is 17.4 Å². The number of anilines is 1. The number of nitrogens with one attached hydrogen (secondary N) is 1. The molecule has 4 rings (SSSR count). The van der Waals surface area contributed by atoms with Gasteiger partial charge in [-0.2, -0.15) is 0 Å². The standard InChI is InChI=1S/C24H20F2N4OS2/c1-3-11-30-23(18-13-32-15(2)22(18)16-7-5-4-6-8-16)28-29-24(30)33-14-21(31)27-20-10-9-17(25)12-19(20)26/h3-10,12-13H,1,11,14H2,2H3,(H,27,31). The highest BCUT2D eigenvalue weighted by atomic mass is 32.2. The van der Waals surface area contributed by atoms with Gasteiger partial charge in [-0.3, -0.25) is 9.36 Å². The van der Waals surface area contributed by atoms with Crippen molar-refractivity contribution >= 4 is 34.7 Å². The SMILES string of the molecule is C=CCn1c(SCC(=O)Nc2ccc(F)cc2F)nnc1-c1csc(C)c1-c1ccccc1. The number of nitrogens with zero attached hydrogens (tertiary/aromatic N) is 3. The quantitative estimate of drug-likeness (QED) is 0.241. The van der Waals surface area contributed by atoms with Gasteiger partial charge in [0.05, 0.1) is 11.4 Å². The van der Waals surface area contributed by atoms with Gasteiger partial charge in [0.2, 0.25) is 5.91 Å². The zero-order chi connectivity index (χ0) is 23.4. The van der Waals surface area contributed by atoms with Gasteiger partial charge in [-0.25, -0.2) is 8.78 Å². The van der Waals surface area contributed by atoms with Crippen LogP contribution in [0.3, 0.4) is 0 Å². The Morgan fingerprint density at radius 2 is 2.00 bits per heavy atom. The minimum Gasteiger partial charge on any atom is -0.323 e. The Bertz CT molecular complexity index is 1300. The lowest BCUT2D eigenvalue weighted by Crippen LogP contribution is -2.15. The Morgan fingerprint density at radius 1 is 1.21 bits per heavy atom. The second-order valence-electron chi connectivity index (χ2n) is 7.11. The Morgan fingerprint density at radius 3 is 2.73 bits per heavy atom. The number of hydrogen-bond acceptors (Lipinski definition) is 5. The number of aromatic nitrogens is 3. The van der Waals surface area contributed by atoms with Crippen molar-refractivity contribution in [2.24, 2.45) is 0 Å². The zero-order valence-corrected chi connectivity index (χ0v) is 19.4. The highest BCUT2D eigenvalue weighted by molar-refractivity contribution is 7.99. The van der Waals surface area contributed by atoms with E-state index in [9.17, 15) is 13.6 Å². The van der Waals surface area contributed by atoms with Crippen LogP contribution in [0.25, 0.3) is 22.5 Å². The number of carbonyl (C=O) groups is 1. The zero-order valence-electron chi connectivity index (χ0n) is 17.7. The molecule has 2 heterocycles. The summed E-state index contributed by atoms with van der Waals surface area (Å²) in [5.41, 5.74) is 3.08. The summed E-state index contributed by atoms with van der Waals surface area (Å²) in [4.78, 5) is 13.5. The van der Waals surface area contributed by atoms with E-state index in [-0.39, 0.29) is 11.4 Å². The molecule has 0 unspecified atom stereocenters. The second kappa shape index (κ2) is 10.1. The van der Waals surface area contributed by atoms with Crippen LogP contribution >= 0.6 is 23.1 Å². The van der Waals surface area contributed by atoms with Gasteiger partial charge >= 0.3 is 0 Å². The molecule has 0 aliphatic heterocycles. The number of benzene rings is 2. The van der Waals surface area contributed by atoms with Gasteiger partial charge < -0.3 is 5.32 Å². The van der Waals surface area contributed by atoms with Gasteiger partial charge in [0.1, 0.15) is 11.6 Å². The van der Waals surface area contributed by atoms with Crippen molar-refractivity contribution in [3.05, 3.63) is 83.1 Å². The van der Waals surface area contributed by atoms with Crippen LogP contribution in [0.1, 0.15) is 4.88 Å². The summed E-state index contributed by atoms with van der Waals surface area (Å²) in [7, 11) is 0. The van der Waals surface area contributed by atoms with Crippen LogP contribution in [0.5, 0.6) is 0 Å². The van der Waals surface area contributed by atoms with Crippen molar-refractivity contribution in [1.29, 1.82) is 0 Å². The number of halogens is 2. The molecule has 0 radical (unpaired) electrons. The molecule has 0 spiro atoms. The number of carbonyl (C=O) groups excluding carboxylic acids is 1. The topological polar surface area (TPSA) is 59.8 Å². The highest BCUT2D eigenvalue weighted by Gasteiger charge is 2.20. The highest BCUT2D eigenvalue weighted by Crippen LogP contribution is 2.39. The first-order chi connectivity index (χ1) is 16.0. The second-order valence-corrected chi connectivity index (χ2v) is 9.14. The maximum Gasteiger partial charge on any atom is 0.234 e. The number of hydrogen-bond donors (Lipinski definition) is 1. The maximum atomic E-state index is 13.8. The number of thiophene rings is 1. The fourth-order valence-corrected chi connectivity index (χ4v) is 4.99. The largest absolute Gasteiger partial charge is 0.323 e. The fourth-order valence-electron chi connectivity index (χ4n) is 3.38. The van der Waals surface area contributed by atoms with E-state index < -0.39 is 17.5 Å². The van der Waals surface area contributed by atoms with E-state index in [1.807, 2.05) is 22.8 Å². The molecular weight excluding hydrogens is 462 g/mol. The van der Waals surface area contributed by atoms with Crippen LogP contribution in [0, 0.1) is 18.6 Å². The van der Waals surface area contributed by atoms with E-state index in [1.165, 1.54) is 22.7 Å². The molecule has 33 heavy (non-hydrogen) atoms. The van der Waals surface area contributed by atoms with Gasteiger partial charge in [0, 0.05) is 34.0 Å². The molecule has 0 aliphatic rings. The van der Waals surface area contributed by atoms with Crippen LogP contribution in [0.2, 0.25) is 0 Å². The molecule has 2 aromatic carbocycles. The van der Waals surface area contributed by atoms with Gasteiger partial charge in [0.15, 0.2) is 11.0 Å². The molecule has 0 fully saturated rings. The van der Waals surface area contributed by atoms with E-state index >= 15 is 0 Å². The molecular formula is C24H20F2N4OS2. The van der Waals surface area contributed by atoms with E-state index in [4.69, 9.17) is 0 Å². The predicted molar refractivity (Wildman–Crippen MR) is 129 cm³/mol. The summed E-state index contributed by atoms with van der Waals surface area (Å²) >= 11 is 2.82. The molecule has 5 nitrogen and oxygen atoms in total. The molecule has 2 aromatic heterocycles. The first-order valence-corrected chi connectivity index (χ1v) is 11.9. The van der Waals surface area contributed by atoms with Crippen molar-refractivity contribution in [1.82, 2.24) is 14.8 Å². The van der Waals surface area contributed by atoms with Crippen LogP contribution in [-0.4, -0.2) is 26.4 Å². The summed E-state index contributed by atoms with van der Waals surface area (Å²) < 4.78 is 28.8. The van der Waals surface area contributed by atoms with Crippen molar-refractivity contribution in [3.63, 3.8) is 0 Å². The van der Waals surface area contributed by atoms with Crippen molar-refractivity contribution in [2.45, 2.75) is 18.6 Å². The molecule has 0 saturated carbocycles. The molecule has 0 saturated heterocycles. The summed E-state index contributed by atoms with van der Waals surface area (Å²) in [5, 5.41) is 13.8. The predicted octanol–water partition coefficient (Wildman–Crippen LogP) is 6.18. The summed E-state index contributed by atoms with van der Waals surface area (Å²) in [6.45, 7) is 6.36. The summed E-state index contributed by atoms with van der Waals surface area (Å²) in [5.74, 6) is -1.29. The molecule has 168 valence electrons. The molecule has 0 atom stereocenters. The first kappa shape index (κ1) is 22.9. The molecule has 4 aromatic rings. The van der Waals surface area contributed by atoms with Crippen LogP contribution < -0.4 is 5.32 Å². The third kappa shape index (κ3) is 5.04. The third-order valence-corrected chi connectivity index (χ3v) is 6.72. The Kier molecular flexibility index (Phi) is 7.00. The van der Waals surface area contributed by atoms with E-state index in [0.29, 0.717) is 17.5 Å². The average Bonchev–Trinajstić information content (AvgIpc) is 3.38. The van der Waals surface area contributed by atoms with E-state index in [2.05, 4.69) is 46.5 Å².